The fourth-order valence-electron chi connectivity index (χ4n) is 3.16. The maximum absolute atomic E-state index is 13.6. The van der Waals surface area contributed by atoms with E-state index in [2.05, 4.69) is 15.2 Å². The molecular formula is C23H17FN4O3. The van der Waals surface area contributed by atoms with Crippen LogP contribution in [0.4, 0.5) is 4.39 Å². The molecule has 0 aliphatic carbocycles. The summed E-state index contributed by atoms with van der Waals surface area (Å²) in [6, 6.07) is 16.1. The van der Waals surface area contributed by atoms with E-state index in [0.29, 0.717) is 16.7 Å². The number of ketones is 2. The monoisotopic (exact) mass is 416 g/mol. The number of benzene rings is 2. The van der Waals surface area contributed by atoms with Gasteiger partial charge in [0.2, 0.25) is 11.6 Å². The van der Waals surface area contributed by atoms with E-state index in [1.165, 1.54) is 24.5 Å². The summed E-state index contributed by atoms with van der Waals surface area (Å²) >= 11 is 0. The standard InChI is InChI=1S/C23H17FN4O3/c24-18-8-4-5-15(9-18)12-28-13-17(22(31)16-6-2-1-3-7-16)10-19(28)20(29)11-21(30)23-25-14-26-27-23/h1-11,13-14,30H,12H2,(H,25,26,27). The van der Waals surface area contributed by atoms with Gasteiger partial charge in [-0.05, 0) is 23.8 Å². The van der Waals surface area contributed by atoms with Crippen molar-refractivity contribution in [2.24, 2.45) is 0 Å². The Balaban J connectivity index is 1.72. The summed E-state index contributed by atoms with van der Waals surface area (Å²) in [5, 5.41) is 16.3. The van der Waals surface area contributed by atoms with E-state index in [1.807, 2.05) is 0 Å². The molecule has 7 nitrogen and oxygen atoms in total. The van der Waals surface area contributed by atoms with Gasteiger partial charge in [-0.3, -0.25) is 14.7 Å². The number of carbonyl (C=O) groups excluding carboxylic acids is 2. The molecule has 8 heteroatoms. The van der Waals surface area contributed by atoms with Gasteiger partial charge >= 0.3 is 0 Å². The van der Waals surface area contributed by atoms with Crippen LogP contribution in [0.3, 0.4) is 0 Å². The zero-order valence-corrected chi connectivity index (χ0v) is 16.2. The Hall–Kier alpha value is -4.33. The number of aliphatic hydroxyl groups excluding tert-OH is 1. The topological polar surface area (TPSA) is 101 Å². The average Bonchev–Trinajstić information content (AvgIpc) is 3.44. The van der Waals surface area contributed by atoms with Crippen LogP contribution in [0.15, 0.2) is 79.3 Å². The van der Waals surface area contributed by atoms with E-state index in [4.69, 9.17) is 0 Å². The Morgan fingerprint density at radius 2 is 1.87 bits per heavy atom. The Morgan fingerprint density at radius 1 is 1.06 bits per heavy atom. The van der Waals surface area contributed by atoms with E-state index >= 15 is 0 Å². The Morgan fingerprint density at radius 3 is 2.58 bits per heavy atom. The van der Waals surface area contributed by atoms with E-state index in [0.717, 1.165) is 6.08 Å². The van der Waals surface area contributed by atoms with Crippen molar-refractivity contribution < 1.29 is 19.1 Å². The van der Waals surface area contributed by atoms with Crippen LogP contribution in [-0.2, 0) is 6.54 Å². The van der Waals surface area contributed by atoms with Crippen molar-refractivity contribution in [2.75, 3.05) is 0 Å². The first-order valence-corrected chi connectivity index (χ1v) is 9.37. The van der Waals surface area contributed by atoms with Gasteiger partial charge in [0.1, 0.15) is 12.1 Å². The zero-order chi connectivity index (χ0) is 21.8. The summed E-state index contributed by atoms with van der Waals surface area (Å²) in [4.78, 5) is 29.6. The molecule has 0 amide bonds. The van der Waals surface area contributed by atoms with Gasteiger partial charge in [0.25, 0.3) is 0 Å². The number of carbonyl (C=O) groups is 2. The molecule has 31 heavy (non-hydrogen) atoms. The highest BCUT2D eigenvalue weighted by Crippen LogP contribution is 2.18. The molecule has 0 spiro atoms. The second-order valence-corrected chi connectivity index (χ2v) is 6.78. The molecule has 154 valence electrons. The van der Waals surface area contributed by atoms with E-state index in [1.54, 1.807) is 53.2 Å². The molecule has 4 aromatic rings. The summed E-state index contributed by atoms with van der Waals surface area (Å²) in [7, 11) is 0. The largest absolute Gasteiger partial charge is 0.504 e. The van der Waals surface area contributed by atoms with Crippen LogP contribution in [0.1, 0.15) is 37.8 Å². The third-order valence-electron chi connectivity index (χ3n) is 4.60. The lowest BCUT2D eigenvalue weighted by Crippen LogP contribution is -2.08. The van der Waals surface area contributed by atoms with Gasteiger partial charge in [-0.1, -0.05) is 42.5 Å². The SMILES string of the molecule is O=C(c1ccccc1)c1cc(C(=O)C=C(O)c2nc[nH]n2)n(Cc2cccc(F)c2)c1. The highest BCUT2D eigenvalue weighted by molar-refractivity contribution is 6.12. The molecular weight excluding hydrogens is 399 g/mol. The number of halogens is 1. The zero-order valence-electron chi connectivity index (χ0n) is 16.2. The van der Waals surface area contributed by atoms with Crippen LogP contribution in [-0.4, -0.2) is 36.4 Å². The van der Waals surface area contributed by atoms with Gasteiger partial charge in [-0.2, -0.15) is 5.10 Å². The summed E-state index contributed by atoms with van der Waals surface area (Å²) < 4.78 is 15.2. The lowest BCUT2D eigenvalue weighted by Gasteiger charge is -2.07. The molecule has 2 aromatic heterocycles. The number of aliphatic hydroxyl groups is 1. The van der Waals surface area contributed by atoms with Crippen LogP contribution in [0.25, 0.3) is 5.76 Å². The molecule has 0 aliphatic heterocycles. The summed E-state index contributed by atoms with van der Waals surface area (Å²) in [6.07, 6.45) is 3.80. The number of hydrogen-bond donors (Lipinski definition) is 2. The van der Waals surface area contributed by atoms with Gasteiger partial charge in [0.15, 0.2) is 11.5 Å². The summed E-state index contributed by atoms with van der Waals surface area (Å²) in [5.41, 5.74) is 1.55. The molecule has 0 saturated carbocycles. The number of rotatable bonds is 7. The van der Waals surface area contributed by atoms with E-state index in [-0.39, 0.29) is 23.8 Å². The Bertz CT molecular complexity index is 1260. The second kappa shape index (κ2) is 8.58. The lowest BCUT2D eigenvalue weighted by molar-refractivity contribution is 0.103. The van der Waals surface area contributed by atoms with Gasteiger partial charge in [-0.25, -0.2) is 9.37 Å². The van der Waals surface area contributed by atoms with Crippen molar-refractivity contribution in [2.45, 2.75) is 6.54 Å². The molecule has 2 aromatic carbocycles. The number of aromatic nitrogens is 4. The molecule has 0 bridgehead atoms. The van der Waals surface area contributed by atoms with Crippen molar-refractivity contribution in [1.82, 2.24) is 19.7 Å². The molecule has 2 N–H and O–H groups in total. The highest BCUT2D eigenvalue weighted by atomic mass is 19.1. The fourth-order valence-corrected chi connectivity index (χ4v) is 3.16. The van der Waals surface area contributed by atoms with Gasteiger partial charge < -0.3 is 9.67 Å². The third-order valence-corrected chi connectivity index (χ3v) is 4.60. The maximum atomic E-state index is 13.6. The normalized spacial score (nSPS) is 11.5. The van der Waals surface area contributed by atoms with Crippen molar-refractivity contribution in [3.05, 3.63) is 113 Å². The highest BCUT2D eigenvalue weighted by Gasteiger charge is 2.19. The average molecular weight is 416 g/mol. The van der Waals surface area contributed by atoms with Crippen molar-refractivity contribution in [3.8, 4) is 0 Å². The Kier molecular flexibility index (Phi) is 5.53. The van der Waals surface area contributed by atoms with Crippen LogP contribution < -0.4 is 0 Å². The van der Waals surface area contributed by atoms with Crippen LogP contribution in [0, 0.1) is 5.82 Å². The third kappa shape index (κ3) is 4.48. The molecule has 0 saturated heterocycles. The quantitative estimate of drug-likeness (QED) is 0.271. The van der Waals surface area contributed by atoms with Crippen LogP contribution >= 0.6 is 0 Å². The molecule has 4 rings (SSSR count). The smallest absolute Gasteiger partial charge is 0.215 e. The minimum absolute atomic E-state index is 0.0304. The molecule has 0 aliphatic rings. The van der Waals surface area contributed by atoms with Crippen LogP contribution in [0.2, 0.25) is 0 Å². The van der Waals surface area contributed by atoms with E-state index < -0.39 is 17.4 Å². The number of allylic oxidation sites excluding steroid dienone is 1. The summed E-state index contributed by atoms with van der Waals surface area (Å²) in [5.74, 6) is -1.65. The number of hydrogen-bond acceptors (Lipinski definition) is 5. The van der Waals surface area contributed by atoms with Crippen molar-refractivity contribution in [3.63, 3.8) is 0 Å². The van der Waals surface area contributed by atoms with Crippen LogP contribution in [0.5, 0.6) is 0 Å². The predicted molar refractivity (Wildman–Crippen MR) is 111 cm³/mol. The molecule has 2 heterocycles. The number of H-pyrrole nitrogens is 1. The first kappa shape index (κ1) is 20.0. The first-order valence-electron chi connectivity index (χ1n) is 9.37. The first-order chi connectivity index (χ1) is 15.0. The summed E-state index contributed by atoms with van der Waals surface area (Å²) in [6.45, 7) is 0.163. The van der Waals surface area contributed by atoms with Gasteiger partial charge in [-0.15, -0.1) is 0 Å². The maximum Gasteiger partial charge on any atom is 0.215 e. The molecule has 0 fully saturated rings. The fraction of sp³-hybridized carbons (Fsp3) is 0.0435. The predicted octanol–water partition coefficient (Wildman–Crippen LogP) is 3.81. The lowest BCUT2D eigenvalue weighted by atomic mass is 10.1. The van der Waals surface area contributed by atoms with Crippen molar-refractivity contribution in [1.29, 1.82) is 0 Å². The van der Waals surface area contributed by atoms with Gasteiger partial charge in [0.05, 0.1) is 5.69 Å². The number of nitrogens with one attached hydrogen (secondary N) is 1. The molecule has 0 unspecified atom stereocenters. The van der Waals surface area contributed by atoms with E-state index in [9.17, 15) is 19.1 Å². The molecule has 0 atom stereocenters. The van der Waals surface area contributed by atoms with Gasteiger partial charge in [0, 0.05) is 29.9 Å². The minimum Gasteiger partial charge on any atom is -0.504 e. The second-order valence-electron chi connectivity index (χ2n) is 6.78. The number of nitrogens with zero attached hydrogens (tertiary/aromatic N) is 3. The minimum atomic E-state index is -0.550. The van der Waals surface area contributed by atoms with Crippen molar-refractivity contribution >= 4 is 17.3 Å². The number of aromatic amines is 1. The Labute approximate surface area is 176 Å². The molecule has 0 radical (unpaired) electrons.